The molecule has 0 radical (unpaired) electrons. The van der Waals surface area contributed by atoms with Crippen molar-refractivity contribution < 1.29 is 9.59 Å². The highest BCUT2D eigenvalue weighted by Gasteiger charge is 2.58. The van der Waals surface area contributed by atoms with Gasteiger partial charge in [0.2, 0.25) is 0 Å². The van der Waals surface area contributed by atoms with Crippen LogP contribution in [0.3, 0.4) is 0 Å². The lowest BCUT2D eigenvalue weighted by Gasteiger charge is -2.58. The molecule has 1 aliphatic heterocycles. The average Bonchev–Trinajstić information content (AvgIpc) is 3.03. The molecule has 0 spiro atoms. The number of fused-ring (bicyclic) bond motifs is 5. The number of nitrogens with one attached hydrogen (secondary N) is 1. The first kappa shape index (κ1) is 20.9. The zero-order valence-electron chi connectivity index (χ0n) is 19.3. The van der Waals surface area contributed by atoms with Crippen molar-refractivity contribution in [3.05, 3.63) is 11.6 Å². The molecular weight excluding hydrogens is 360 g/mol. The van der Waals surface area contributed by atoms with Crippen LogP contribution in [0.5, 0.6) is 0 Å². The van der Waals surface area contributed by atoms with Crippen molar-refractivity contribution in [3.8, 4) is 0 Å². The van der Waals surface area contributed by atoms with Crippen LogP contribution in [0.15, 0.2) is 11.6 Å². The third-order valence-corrected chi connectivity index (χ3v) is 9.14. The smallest absolute Gasteiger partial charge is 0.259 e. The molecule has 0 saturated heterocycles. The van der Waals surface area contributed by atoms with Crippen molar-refractivity contribution >= 4 is 11.8 Å². The predicted molar refractivity (Wildman–Crippen MR) is 116 cm³/mol. The largest absolute Gasteiger partial charge is 0.348 e. The van der Waals surface area contributed by atoms with Crippen molar-refractivity contribution in [2.24, 2.45) is 28.6 Å². The molecule has 4 rings (SSSR count). The Morgan fingerprint density at radius 2 is 1.72 bits per heavy atom. The fourth-order valence-corrected chi connectivity index (χ4v) is 7.79. The molecule has 3 aliphatic carbocycles. The molecule has 0 aromatic rings. The molecule has 1 heterocycles. The Bertz CT molecular complexity index is 718. The highest BCUT2D eigenvalue weighted by atomic mass is 16.2. The third-order valence-electron chi connectivity index (χ3n) is 9.14. The van der Waals surface area contributed by atoms with Crippen LogP contribution in [-0.4, -0.2) is 34.8 Å². The van der Waals surface area contributed by atoms with Crippen LogP contribution in [0.25, 0.3) is 0 Å². The van der Waals surface area contributed by atoms with Gasteiger partial charge in [0, 0.05) is 23.5 Å². The fraction of sp³-hybridized carbons (Fsp3) is 0.840. The summed E-state index contributed by atoms with van der Waals surface area (Å²) in [6.45, 7) is 13.0. The van der Waals surface area contributed by atoms with Crippen molar-refractivity contribution in [3.63, 3.8) is 0 Å². The molecular formula is C25H40N2O2. The van der Waals surface area contributed by atoms with Crippen molar-refractivity contribution in [1.82, 2.24) is 10.2 Å². The van der Waals surface area contributed by atoms with Gasteiger partial charge in [0.05, 0.1) is 0 Å². The summed E-state index contributed by atoms with van der Waals surface area (Å²) in [4.78, 5) is 28.2. The number of hydrogen-bond acceptors (Lipinski definition) is 2. The monoisotopic (exact) mass is 400 g/mol. The summed E-state index contributed by atoms with van der Waals surface area (Å²) >= 11 is 0. The van der Waals surface area contributed by atoms with Crippen LogP contribution in [0, 0.1) is 28.6 Å². The molecule has 1 N–H and O–H groups in total. The first-order valence-electron chi connectivity index (χ1n) is 11.9. The Balaban J connectivity index is 1.69. The maximum Gasteiger partial charge on any atom is 0.259 e. The summed E-state index contributed by atoms with van der Waals surface area (Å²) in [7, 11) is 0. The van der Waals surface area contributed by atoms with E-state index in [2.05, 4.69) is 25.2 Å². The Morgan fingerprint density at radius 3 is 2.38 bits per heavy atom. The van der Waals surface area contributed by atoms with Crippen LogP contribution in [0.1, 0.15) is 86.5 Å². The molecule has 29 heavy (non-hydrogen) atoms. The van der Waals surface area contributed by atoms with E-state index in [4.69, 9.17) is 0 Å². The van der Waals surface area contributed by atoms with Crippen LogP contribution >= 0.6 is 0 Å². The first-order valence-corrected chi connectivity index (χ1v) is 11.9. The molecule has 4 heteroatoms. The second-order valence-corrected chi connectivity index (χ2v) is 11.4. The van der Waals surface area contributed by atoms with E-state index in [0.29, 0.717) is 16.9 Å². The quantitative estimate of drug-likeness (QED) is 0.699. The van der Waals surface area contributed by atoms with E-state index in [1.54, 1.807) is 0 Å². The maximum atomic E-state index is 13.4. The van der Waals surface area contributed by atoms with Crippen molar-refractivity contribution in [2.45, 2.75) is 105 Å². The third kappa shape index (κ3) is 3.16. The molecule has 3 fully saturated rings. The van der Waals surface area contributed by atoms with Crippen LogP contribution < -0.4 is 5.32 Å². The highest BCUT2D eigenvalue weighted by molar-refractivity contribution is 6.19. The standard InChI is InChI=1S/C25H40N2O2/c1-15(2)27(16(3)4)23(29)18-14-25(6)20-11-13-24(5)12-7-8-19(24)17(20)9-10-21(25)26-22(18)28/h14-17,19-21H,7-13H2,1-6H3,(H,26,28)/t17-,19-,20+,21?,24-,25+/m0/s1. The van der Waals surface area contributed by atoms with Gasteiger partial charge < -0.3 is 10.2 Å². The van der Waals surface area contributed by atoms with Crippen molar-refractivity contribution in [1.29, 1.82) is 0 Å². The molecule has 4 aliphatic rings. The van der Waals surface area contributed by atoms with E-state index in [9.17, 15) is 9.59 Å². The maximum absolute atomic E-state index is 13.4. The van der Waals surface area contributed by atoms with Crippen LogP contribution in [0.4, 0.5) is 0 Å². The number of carbonyl (C=O) groups excluding carboxylic acids is 2. The molecule has 3 saturated carbocycles. The summed E-state index contributed by atoms with van der Waals surface area (Å²) in [5.41, 5.74) is 0.800. The number of hydrogen-bond donors (Lipinski definition) is 1. The molecule has 0 aromatic carbocycles. The van der Waals surface area contributed by atoms with Gasteiger partial charge >= 0.3 is 0 Å². The molecule has 162 valence electrons. The van der Waals surface area contributed by atoms with Gasteiger partial charge in [-0.2, -0.15) is 0 Å². The Labute approximate surface area is 176 Å². The Morgan fingerprint density at radius 1 is 1.03 bits per heavy atom. The molecule has 4 nitrogen and oxygen atoms in total. The number of amides is 2. The molecule has 6 atom stereocenters. The lowest BCUT2D eigenvalue weighted by atomic mass is 9.48. The Hall–Kier alpha value is -1.32. The van der Waals surface area contributed by atoms with Crippen molar-refractivity contribution in [2.75, 3.05) is 0 Å². The second kappa shape index (κ2) is 7.13. The van der Waals surface area contributed by atoms with Gasteiger partial charge in [0.15, 0.2) is 0 Å². The Kier molecular flexibility index (Phi) is 5.15. The van der Waals surface area contributed by atoms with E-state index < -0.39 is 0 Å². The topological polar surface area (TPSA) is 49.4 Å². The van der Waals surface area contributed by atoms with E-state index in [0.717, 1.165) is 18.3 Å². The second-order valence-electron chi connectivity index (χ2n) is 11.4. The lowest BCUT2D eigenvalue weighted by molar-refractivity contribution is -0.135. The summed E-state index contributed by atoms with van der Waals surface area (Å²) in [6, 6.07) is 0.328. The zero-order valence-corrected chi connectivity index (χ0v) is 19.3. The average molecular weight is 401 g/mol. The minimum atomic E-state index is -0.163. The van der Waals surface area contributed by atoms with Gasteiger partial charge in [-0.15, -0.1) is 0 Å². The zero-order chi connectivity index (χ0) is 21.1. The van der Waals surface area contributed by atoms with Crippen LogP contribution in [0.2, 0.25) is 0 Å². The number of carbonyl (C=O) groups is 2. The highest BCUT2D eigenvalue weighted by Crippen LogP contribution is 2.63. The van der Waals surface area contributed by atoms with E-state index in [-0.39, 0.29) is 35.4 Å². The minimum Gasteiger partial charge on any atom is -0.348 e. The van der Waals surface area contributed by atoms with E-state index >= 15 is 0 Å². The van der Waals surface area contributed by atoms with Gasteiger partial charge in [-0.05, 0) is 89.4 Å². The van der Waals surface area contributed by atoms with Gasteiger partial charge in [0.25, 0.3) is 11.8 Å². The summed E-state index contributed by atoms with van der Waals surface area (Å²) in [5.74, 6) is 1.88. The molecule has 2 amide bonds. The van der Waals surface area contributed by atoms with Crippen LogP contribution in [-0.2, 0) is 9.59 Å². The van der Waals surface area contributed by atoms with E-state index in [1.807, 2.05) is 32.6 Å². The fourth-order valence-electron chi connectivity index (χ4n) is 7.79. The SMILES string of the molecule is CC(C)N(C(=O)C1=C[C@@]2(C)C(CC[C@@H]3[C@H]2CC[C@]2(C)CCC[C@@H]32)NC1=O)C(C)C. The van der Waals surface area contributed by atoms with E-state index in [1.165, 1.54) is 38.5 Å². The normalized spacial score (nSPS) is 41.4. The minimum absolute atomic E-state index is 0.0784. The molecule has 0 aromatic heterocycles. The first-order chi connectivity index (χ1) is 13.6. The summed E-state index contributed by atoms with van der Waals surface area (Å²) < 4.78 is 0. The van der Waals surface area contributed by atoms with Gasteiger partial charge in [-0.3, -0.25) is 9.59 Å². The number of rotatable bonds is 3. The van der Waals surface area contributed by atoms with Gasteiger partial charge in [-0.25, -0.2) is 0 Å². The van der Waals surface area contributed by atoms with Gasteiger partial charge in [0.1, 0.15) is 5.57 Å². The lowest BCUT2D eigenvalue weighted by Crippen LogP contribution is -2.61. The summed E-state index contributed by atoms with van der Waals surface area (Å²) in [6.07, 6.45) is 11.1. The summed E-state index contributed by atoms with van der Waals surface area (Å²) in [5, 5.41) is 3.27. The van der Waals surface area contributed by atoms with Gasteiger partial charge in [-0.1, -0.05) is 26.3 Å². The molecule has 0 bridgehead atoms. The predicted octanol–water partition coefficient (Wildman–Crippen LogP) is 4.69. The molecule has 1 unspecified atom stereocenters. The number of nitrogens with zero attached hydrogens (tertiary/aromatic N) is 1.